The number of carbonyl (C=O) groups excluding carboxylic acids is 2. The van der Waals surface area contributed by atoms with Crippen LogP contribution in [0.4, 0.5) is 8.78 Å². The Kier molecular flexibility index (Phi) is 5.00. The lowest BCUT2D eigenvalue weighted by Gasteiger charge is -2.07. The average Bonchev–Trinajstić information content (AvgIpc) is 2.27. The largest absolute Gasteiger partial charge is 0.481 e. The SMILES string of the molecule is NC(=O)CONC(=O)COc1ccc(F)cc1F. The molecule has 2 amide bonds. The summed E-state index contributed by atoms with van der Waals surface area (Å²) in [7, 11) is 0. The molecule has 0 atom stereocenters. The van der Waals surface area contributed by atoms with Crippen molar-refractivity contribution in [3.63, 3.8) is 0 Å². The third-order valence-electron chi connectivity index (χ3n) is 1.65. The molecule has 0 aromatic heterocycles. The van der Waals surface area contributed by atoms with Crippen molar-refractivity contribution in [2.75, 3.05) is 13.2 Å². The van der Waals surface area contributed by atoms with Crippen LogP contribution in [0.5, 0.6) is 5.75 Å². The highest BCUT2D eigenvalue weighted by Gasteiger charge is 2.08. The number of rotatable bonds is 6. The lowest BCUT2D eigenvalue weighted by molar-refractivity contribution is -0.139. The van der Waals surface area contributed by atoms with Gasteiger partial charge in [-0.2, -0.15) is 0 Å². The van der Waals surface area contributed by atoms with Gasteiger partial charge in [0.05, 0.1) is 0 Å². The van der Waals surface area contributed by atoms with Crippen molar-refractivity contribution >= 4 is 11.8 Å². The zero-order valence-corrected chi connectivity index (χ0v) is 9.11. The fourth-order valence-electron chi connectivity index (χ4n) is 0.953. The fraction of sp³-hybridized carbons (Fsp3) is 0.200. The Bertz CT molecular complexity index is 454. The Morgan fingerprint density at radius 1 is 1.28 bits per heavy atom. The van der Waals surface area contributed by atoms with E-state index in [0.717, 1.165) is 12.1 Å². The predicted octanol–water partition coefficient (Wildman–Crippen LogP) is -0.123. The van der Waals surface area contributed by atoms with E-state index >= 15 is 0 Å². The van der Waals surface area contributed by atoms with Crippen molar-refractivity contribution in [2.45, 2.75) is 0 Å². The number of primary amides is 1. The van der Waals surface area contributed by atoms with E-state index in [0.29, 0.717) is 6.07 Å². The fourth-order valence-corrected chi connectivity index (χ4v) is 0.953. The van der Waals surface area contributed by atoms with Crippen LogP contribution in [-0.2, 0) is 14.4 Å². The zero-order valence-electron chi connectivity index (χ0n) is 9.11. The standard InChI is InChI=1S/C10H10F2N2O4/c11-6-1-2-8(7(12)3-6)17-5-10(16)14-18-4-9(13)15/h1-3H,4-5H2,(H2,13,15)(H,14,16). The summed E-state index contributed by atoms with van der Waals surface area (Å²) in [6.45, 7) is -1.04. The van der Waals surface area contributed by atoms with Crippen molar-refractivity contribution in [1.82, 2.24) is 5.48 Å². The molecule has 0 bridgehead atoms. The van der Waals surface area contributed by atoms with Crippen LogP contribution in [0.3, 0.4) is 0 Å². The minimum atomic E-state index is -0.930. The number of hydrogen-bond donors (Lipinski definition) is 2. The number of benzene rings is 1. The zero-order chi connectivity index (χ0) is 13.5. The topological polar surface area (TPSA) is 90.7 Å². The van der Waals surface area contributed by atoms with Crippen molar-refractivity contribution in [1.29, 1.82) is 0 Å². The normalized spacial score (nSPS) is 9.89. The van der Waals surface area contributed by atoms with E-state index in [2.05, 4.69) is 4.84 Å². The minimum absolute atomic E-state index is 0.276. The van der Waals surface area contributed by atoms with E-state index in [-0.39, 0.29) is 5.75 Å². The van der Waals surface area contributed by atoms with Crippen LogP contribution >= 0.6 is 0 Å². The summed E-state index contributed by atoms with van der Waals surface area (Å²) in [5.41, 5.74) is 6.60. The second kappa shape index (κ2) is 6.50. The second-order valence-electron chi connectivity index (χ2n) is 3.14. The molecule has 1 aromatic carbocycles. The maximum atomic E-state index is 13.1. The summed E-state index contributed by atoms with van der Waals surface area (Å²) in [6.07, 6.45) is 0. The molecule has 0 fully saturated rings. The molecular formula is C10H10F2N2O4. The van der Waals surface area contributed by atoms with E-state index in [1.807, 2.05) is 5.48 Å². The number of nitrogens with one attached hydrogen (secondary N) is 1. The van der Waals surface area contributed by atoms with E-state index in [9.17, 15) is 18.4 Å². The maximum Gasteiger partial charge on any atom is 0.281 e. The molecule has 6 nitrogen and oxygen atoms in total. The van der Waals surface area contributed by atoms with Crippen molar-refractivity contribution < 1.29 is 27.9 Å². The maximum absolute atomic E-state index is 13.1. The highest BCUT2D eigenvalue weighted by atomic mass is 19.1. The van der Waals surface area contributed by atoms with Crippen molar-refractivity contribution in [2.24, 2.45) is 5.73 Å². The first kappa shape index (κ1) is 13.8. The van der Waals surface area contributed by atoms with Crippen LogP contribution in [-0.4, -0.2) is 25.0 Å². The van der Waals surface area contributed by atoms with Gasteiger partial charge in [-0.25, -0.2) is 14.3 Å². The second-order valence-corrected chi connectivity index (χ2v) is 3.14. The first-order valence-corrected chi connectivity index (χ1v) is 4.76. The molecule has 0 aliphatic rings. The Hall–Kier alpha value is -2.22. The Labute approximate surface area is 101 Å². The smallest absolute Gasteiger partial charge is 0.281 e. The molecule has 0 unspecified atom stereocenters. The molecule has 0 aliphatic heterocycles. The Morgan fingerprint density at radius 2 is 2.00 bits per heavy atom. The lowest BCUT2D eigenvalue weighted by Crippen LogP contribution is -2.32. The van der Waals surface area contributed by atoms with Gasteiger partial charge < -0.3 is 10.5 Å². The third-order valence-corrected chi connectivity index (χ3v) is 1.65. The summed E-state index contributed by atoms with van der Waals surface area (Å²) < 4.78 is 30.4. The molecule has 0 radical (unpaired) electrons. The van der Waals surface area contributed by atoms with Gasteiger partial charge in [0, 0.05) is 6.07 Å². The number of hydrogen-bond acceptors (Lipinski definition) is 4. The van der Waals surface area contributed by atoms with Gasteiger partial charge in [0.25, 0.3) is 5.91 Å². The minimum Gasteiger partial charge on any atom is -0.481 e. The highest BCUT2D eigenvalue weighted by Crippen LogP contribution is 2.17. The monoisotopic (exact) mass is 260 g/mol. The number of nitrogens with two attached hydrogens (primary N) is 1. The van der Waals surface area contributed by atoms with Gasteiger partial charge in [0.2, 0.25) is 5.91 Å². The van der Waals surface area contributed by atoms with E-state index in [1.54, 1.807) is 0 Å². The van der Waals surface area contributed by atoms with Gasteiger partial charge >= 0.3 is 0 Å². The van der Waals surface area contributed by atoms with Gasteiger partial charge in [0.1, 0.15) is 5.82 Å². The van der Waals surface area contributed by atoms with Gasteiger partial charge in [-0.3, -0.25) is 14.4 Å². The first-order chi connectivity index (χ1) is 8.49. The molecule has 3 N–H and O–H groups in total. The molecule has 0 heterocycles. The van der Waals surface area contributed by atoms with Crippen molar-refractivity contribution in [3.05, 3.63) is 29.8 Å². The molecule has 18 heavy (non-hydrogen) atoms. The Morgan fingerprint density at radius 3 is 2.61 bits per heavy atom. The Balaban J connectivity index is 2.36. The molecule has 1 rings (SSSR count). The van der Waals surface area contributed by atoms with Crippen LogP contribution in [0, 0.1) is 11.6 Å². The average molecular weight is 260 g/mol. The number of halogens is 2. The van der Waals surface area contributed by atoms with Crippen LogP contribution in [0.1, 0.15) is 0 Å². The highest BCUT2D eigenvalue weighted by molar-refractivity contribution is 5.77. The quantitative estimate of drug-likeness (QED) is 0.697. The molecule has 8 heteroatoms. The number of amides is 2. The van der Waals surface area contributed by atoms with E-state index < -0.39 is 36.7 Å². The number of carbonyl (C=O) groups is 2. The van der Waals surface area contributed by atoms with Gasteiger partial charge in [-0.05, 0) is 12.1 Å². The van der Waals surface area contributed by atoms with Crippen molar-refractivity contribution in [3.8, 4) is 5.75 Å². The van der Waals surface area contributed by atoms with Crippen LogP contribution in [0.25, 0.3) is 0 Å². The summed E-state index contributed by atoms with van der Waals surface area (Å²) in [4.78, 5) is 25.7. The first-order valence-electron chi connectivity index (χ1n) is 4.76. The molecule has 98 valence electrons. The molecule has 0 saturated carbocycles. The summed E-state index contributed by atoms with van der Waals surface area (Å²) >= 11 is 0. The molecular weight excluding hydrogens is 250 g/mol. The van der Waals surface area contributed by atoms with Gasteiger partial charge in [0.15, 0.2) is 24.8 Å². The van der Waals surface area contributed by atoms with Gasteiger partial charge in [-0.1, -0.05) is 0 Å². The molecule has 0 aliphatic carbocycles. The molecule has 0 spiro atoms. The summed E-state index contributed by atoms with van der Waals surface area (Å²) in [6, 6.07) is 2.65. The van der Waals surface area contributed by atoms with Gasteiger partial charge in [-0.15, -0.1) is 0 Å². The predicted molar refractivity (Wildman–Crippen MR) is 55.1 cm³/mol. The number of hydroxylamine groups is 1. The lowest BCUT2D eigenvalue weighted by atomic mass is 10.3. The number of ether oxygens (including phenoxy) is 1. The van der Waals surface area contributed by atoms with Crippen LogP contribution in [0.15, 0.2) is 18.2 Å². The van der Waals surface area contributed by atoms with E-state index in [4.69, 9.17) is 10.5 Å². The van der Waals surface area contributed by atoms with E-state index in [1.165, 1.54) is 0 Å². The van der Waals surface area contributed by atoms with Crippen LogP contribution < -0.4 is 16.0 Å². The molecule has 1 aromatic rings. The van der Waals surface area contributed by atoms with Crippen LogP contribution in [0.2, 0.25) is 0 Å². The summed E-state index contributed by atoms with van der Waals surface area (Å²) in [5, 5.41) is 0. The summed E-state index contributed by atoms with van der Waals surface area (Å²) in [5.74, 6) is -3.47. The third kappa shape index (κ3) is 4.74. The molecule has 0 saturated heterocycles.